The van der Waals surface area contributed by atoms with E-state index < -0.39 is 0 Å². The summed E-state index contributed by atoms with van der Waals surface area (Å²) < 4.78 is 10.8. The Kier molecular flexibility index (Phi) is 4.73. The van der Waals surface area contributed by atoms with Crippen LogP contribution in [0.15, 0.2) is 18.2 Å². The number of benzene rings is 1. The van der Waals surface area contributed by atoms with Gasteiger partial charge < -0.3 is 19.7 Å². The van der Waals surface area contributed by atoms with Crippen molar-refractivity contribution in [1.29, 1.82) is 0 Å². The number of para-hydroxylation sites is 1. The first-order chi connectivity index (χ1) is 9.51. The lowest BCUT2D eigenvalue weighted by molar-refractivity contribution is -0.0530. The number of ether oxygens (including phenoxy) is 2. The number of amides is 2. The molecule has 1 saturated heterocycles. The third-order valence-electron chi connectivity index (χ3n) is 3.12. The number of morpholine rings is 1. The molecule has 0 unspecified atom stereocenters. The molecule has 2 rings (SSSR count). The number of halogens is 1. The summed E-state index contributed by atoms with van der Waals surface area (Å²) in [6.07, 6.45) is 0.0662. The molecule has 20 heavy (non-hydrogen) atoms. The zero-order valence-electron chi connectivity index (χ0n) is 11.9. The van der Waals surface area contributed by atoms with Crippen molar-refractivity contribution < 1.29 is 14.3 Å². The molecule has 2 amide bonds. The van der Waals surface area contributed by atoms with Gasteiger partial charge in [-0.15, -0.1) is 0 Å². The first-order valence-corrected chi connectivity index (χ1v) is 6.93. The number of hydrogen-bond acceptors (Lipinski definition) is 3. The molecule has 1 aliphatic rings. The Morgan fingerprint density at radius 3 is 2.65 bits per heavy atom. The van der Waals surface area contributed by atoms with Gasteiger partial charge in [0, 0.05) is 13.1 Å². The van der Waals surface area contributed by atoms with Gasteiger partial charge in [0.2, 0.25) is 0 Å². The molecule has 1 aromatic rings. The second kappa shape index (κ2) is 6.33. The molecule has 0 radical (unpaired) electrons. The van der Waals surface area contributed by atoms with Crippen molar-refractivity contribution in [3.8, 4) is 5.75 Å². The predicted octanol–water partition coefficient (Wildman–Crippen LogP) is 2.99. The van der Waals surface area contributed by atoms with Crippen LogP contribution < -0.4 is 10.1 Å². The number of nitrogens with zero attached hydrogens (tertiary/aromatic N) is 1. The van der Waals surface area contributed by atoms with Gasteiger partial charge in [-0.1, -0.05) is 17.7 Å². The minimum Gasteiger partial charge on any atom is -0.493 e. The minimum absolute atomic E-state index is 0.0331. The maximum atomic E-state index is 12.3. The summed E-state index contributed by atoms with van der Waals surface area (Å²) >= 11 is 6.04. The van der Waals surface area contributed by atoms with Crippen LogP contribution in [0.3, 0.4) is 0 Å². The van der Waals surface area contributed by atoms with E-state index >= 15 is 0 Å². The van der Waals surface area contributed by atoms with Gasteiger partial charge in [0.1, 0.15) is 0 Å². The average Bonchev–Trinajstić information content (AvgIpc) is 2.37. The van der Waals surface area contributed by atoms with E-state index in [-0.39, 0.29) is 18.2 Å². The van der Waals surface area contributed by atoms with Gasteiger partial charge in [0.05, 0.1) is 30.0 Å². The van der Waals surface area contributed by atoms with Crippen LogP contribution in [-0.2, 0) is 4.74 Å². The lowest BCUT2D eigenvalue weighted by Crippen LogP contribution is -2.49. The number of carbonyl (C=O) groups is 1. The summed E-state index contributed by atoms with van der Waals surface area (Å²) in [5.41, 5.74) is 0.566. The molecule has 1 fully saturated rings. The van der Waals surface area contributed by atoms with E-state index in [1.165, 1.54) is 7.11 Å². The Morgan fingerprint density at radius 1 is 1.40 bits per heavy atom. The molecule has 6 heteroatoms. The fourth-order valence-electron chi connectivity index (χ4n) is 2.35. The highest BCUT2D eigenvalue weighted by Gasteiger charge is 2.26. The Morgan fingerprint density at radius 2 is 2.05 bits per heavy atom. The summed E-state index contributed by atoms with van der Waals surface area (Å²) in [6.45, 7) is 5.05. The first-order valence-electron chi connectivity index (χ1n) is 6.55. The SMILES string of the molecule is COc1c(Cl)cccc1NC(=O)N1C[C@@H](C)O[C@@H](C)C1. The van der Waals surface area contributed by atoms with Gasteiger partial charge in [-0.2, -0.15) is 0 Å². The highest BCUT2D eigenvalue weighted by molar-refractivity contribution is 6.32. The van der Waals surface area contributed by atoms with Crippen LogP contribution in [0, 0.1) is 0 Å². The van der Waals surface area contributed by atoms with Crippen LogP contribution in [0.2, 0.25) is 5.02 Å². The van der Waals surface area contributed by atoms with Gasteiger partial charge in [-0.25, -0.2) is 4.79 Å². The Hall–Kier alpha value is -1.46. The van der Waals surface area contributed by atoms with E-state index in [9.17, 15) is 4.79 Å². The predicted molar refractivity (Wildman–Crippen MR) is 78.6 cm³/mol. The Bertz CT molecular complexity index is 485. The summed E-state index contributed by atoms with van der Waals surface area (Å²) in [7, 11) is 1.52. The summed E-state index contributed by atoms with van der Waals surface area (Å²) in [5, 5.41) is 3.30. The normalized spacial score (nSPS) is 22.5. The van der Waals surface area contributed by atoms with Crippen LogP contribution in [0.1, 0.15) is 13.8 Å². The smallest absolute Gasteiger partial charge is 0.322 e. The number of carbonyl (C=O) groups excluding carboxylic acids is 1. The van der Waals surface area contributed by atoms with E-state index in [4.69, 9.17) is 21.1 Å². The lowest BCUT2D eigenvalue weighted by Gasteiger charge is -2.35. The number of rotatable bonds is 2. The molecule has 1 aliphatic heterocycles. The monoisotopic (exact) mass is 298 g/mol. The van der Waals surface area contributed by atoms with Crippen LogP contribution in [0.25, 0.3) is 0 Å². The second-order valence-corrected chi connectivity index (χ2v) is 5.32. The standard InChI is InChI=1S/C14H19ClN2O3/c1-9-7-17(8-10(2)20-9)14(18)16-12-6-4-5-11(15)13(12)19-3/h4-6,9-10H,7-8H2,1-3H3,(H,16,18)/t9-,10+. The molecule has 0 bridgehead atoms. The Labute approximate surface area is 123 Å². The molecular weight excluding hydrogens is 280 g/mol. The molecule has 0 aromatic heterocycles. The van der Waals surface area contributed by atoms with Crippen LogP contribution >= 0.6 is 11.6 Å². The van der Waals surface area contributed by atoms with Gasteiger partial charge in [-0.05, 0) is 26.0 Å². The molecule has 2 atom stereocenters. The largest absolute Gasteiger partial charge is 0.493 e. The zero-order chi connectivity index (χ0) is 14.7. The molecule has 1 N–H and O–H groups in total. The van der Waals surface area contributed by atoms with E-state index in [1.54, 1.807) is 23.1 Å². The van der Waals surface area contributed by atoms with E-state index in [0.29, 0.717) is 29.5 Å². The fraction of sp³-hybridized carbons (Fsp3) is 0.500. The van der Waals surface area contributed by atoms with Gasteiger partial charge in [-0.3, -0.25) is 0 Å². The summed E-state index contributed by atoms with van der Waals surface area (Å²) in [6, 6.07) is 5.07. The maximum absolute atomic E-state index is 12.3. The van der Waals surface area contributed by atoms with Gasteiger partial charge in [0.25, 0.3) is 0 Å². The van der Waals surface area contributed by atoms with Crippen molar-refractivity contribution in [1.82, 2.24) is 4.90 Å². The minimum atomic E-state index is -0.174. The fourth-order valence-corrected chi connectivity index (χ4v) is 2.60. The maximum Gasteiger partial charge on any atom is 0.322 e. The lowest BCUT2D eigenvalue weighted by atomic mass is 10.2. The molecule has 0 aliphatic carbocycles. The third-order valence-corrected chi connectivity index (χ3v) is 3.42. The van der Waals surface area contributed by atoms with Crippen molar-refractivity contribution in [3.05, 3.63) is 23.2 Å². The van der Waals surface area contributed by atoms with Crippen molar-refractivity contribution in [2.24, 2.45) is 0 Å². The van der Waals surface area contributed by atoms with Crippen molar-refractivity contribution in [3.63, 3.8) is 0 Å². The quantitative estimate of drug-likeness (QED) is 0.913. The summed E-state index contributed by atoms with van der Waals surface area (Å²) in [5.74, 6) is 0.469. The third kappa shape index (κ3) is 3.35. The second-order valence-electron chi connectivity index (χ2n) is 4.91. The summed E-state index contributed by atoms with van der Waals surface area (Å²) in [4.78, 5) is 14.0. The van der Waals surface area contributed by atoms with Crippen molar-refractivity contribution >= 4 is 23.3 Å². The van der Waals surface area contributed by atoms with Crippen molar-refractivity contribution in [2.45, 2.75) is 26.1 Å². The van der Waals surface area contributed by atoms with E-state index in [0.717, 1.165) is 0 Å². The first kappa shape index (κ1) is 14.9. The number of hydrogen-bond donors (Lipinski definition) is 1. The van der Waals surface area contributed by atoms with Gasteiger partial charge in [0.15, 0.2) is 5.75 Å². The molecule has 1 heterocycles. The molecule has 1 aromatic carbocycles. The molecule has 0 spiro atoms. The molecular formula is C14H19ClN2O3. The highest BCUT2D eigenvalue weighted by Crippen LogP contribution is 2.32. The van der Waals surface area contributed by atoms with Crippen LogP contribution in [0.4, 0.5) is 10.5 Å². The van der Waals surface area contributed by atoms with Crippen molar-refractivity contribution in [2.75, 3.05) is 25.5 Å². The number of urea groups is 1. The molecule has 5 nitrogen and oxygen atoms in total. The molecule has 110 valence electrons. The van der Waals surface area contributed by atoms with E-state index in [1.807, 2.05) is 13.8 Å². The number of methoxy groups -OCH3 is 1. The zero-order valence-corrected chi connectivity index (χ0v) is 12.6. The number of anilines is 1. The van der Waals surface area contributed by atoms with E-state index in [2.05, 4.69) is 5.32 Å². The topological polar surface area (TPSA) is 50.8 Å². The van der Waals surface area contributed by atoms with Crippen LogP contribution in [-0.4, -0.2) is 43.3 Å². The Balaban J connectivity index is 2.10. The highest BCUT2D eigenvalue weighted by atomic mass is 35.5. The van der Waals surface area contributed by atoms with Gasteiger partial charge >= 0.3 is 6.03 Å². The molecule has 0 saturated carbocycles. The average molecular weight is 299 g/mol. The number of nitrogens with one attached hydrogen (secondary N) is 1. The van der Waals surface area contributed by atoms with Crippen LogP contribution in [0.5, 0.6) is 5.75 Å².